The first-order valence-corrected chi connectivity index (χ1v) is 10.6. The van der Waals surface area contributed by atoms with Gasteiger partial charge in [-0.1, -0.05) is 31.2 Å². The Morgan fingerprint density at radius 1 is 1.17 bits per heavy atom. The van der Waals surface area contributed by atoms with Gasteiger partial charge in [-0.25, -0.2) is 4.39 Å². The number of piperidine rings is 1. The summed E-state index contributed by atoms with van der Waals surface area (Å²) in [7, 11) is 0. The summed E-state index contributed by atoms with van der Waals surface area (Å²) in [6.07, 6.45) is 2.58. The minimum absolute atomic E-state index is 0.0670. The molecular weight excluding hydrogens is 381 g/mol. The van der Waals surface area contributed by atoms with E-state index in [-0.39, 0.29) is 29.6 Å². The summed E-state index contributed by atoms with van der Waals surface area (Å²) in [5, 5.41) is 5.92. The fourth-order valence-corrected chi connectivity index (χ4v) is 3.69. The normalized spacial score (nSPS) is 17.9. The van der Waals surface area contributed by atoms with Gasteiger partial charge in [0.1, 0.15) is 5.82 Å². The van der Waals surface area contributed by atoms with Crippen molar-refractivity contribution >= 4 is 17.5 Å². The van der Waals surface area contributed by atoms with Gasteiger partial charge in [-0.15, -0.1) is 0 Å². The van der Waals surface area contributed by atoms with Crippen molar-refractivity contribution in [3.63, 3.8) is 0 Å². The fraction of sp³-hybridized carbons (Fsp3) is 0.417. The van der Waals surface area contributed by atoms with Crippen LogP contribution in [0.4, 0.5) is 10.1 Å². The number of hydrogen-bond donors (Lipinski definition) is 2. The van der Waals surface area contributed by atoms with Crippen LogP contribution in [0.15, 0.2) is 48.5 Å². The summed E-state index contributed by atoms with van der Waals surface area (Å²) in [6, 6.07) is 13.7. The molecule has 0 bridgehead atoms. The van der Waals surface area contributed by atoms with Gasteiger partial charge in [0.05, 0.1) is 17.2 Å². The quantitative estimate of drug-likeness (QED) is 0.718. The number of hydrogen-bond acceptors (Lipinski definition) is 3. The number of nitrogens with zero attached hydrogens (tertiary/aromatic N) is 1. The SMILES string of the molecule is CC[C@@H](C)NC(=O)c1ccccc1NC(=O)[C@H]1CCCN(Cc2ccc(F)cc2)C1. The molecule has 30 heavy (non-hydrogen) atoms. The van der Waals surface area contributed by atoms with Crippen LogP contribution in [0.5, 0.6) is 0 Å². The molecule has 0 radical (unpaired) electrons. The van der Waals surface area contributed by atoms with Gasteiger partial charge in [-0.2, -0.15) is 0 Å². The number of carbonyl (C=O) groups excluding carboxylic acids is 2. The van der Waals surface area contributed by atoms with E-state index in [0.717, 1.165) is 31.4 Å². The van der Waals surface area contributed by atoms with Gasteiger partial charge in [0, 0.05) is 19.1 Å². The van der Waals surface area contributed by atoms with Crippen molar-refractivity contribution in [3.8, 4) is 0 Å². The first-order valence-electron chi connectivity index (χ1n) is 10.6. The molecule has 5 nitrogen and oxygen atoms in total. The molecule has 0 saturated carbocycles. The molecular formula is C24H30FN3O2. The third kappa shape index (κ3) is 5.89. The average molecular weight is 412 g/mol. The van der Waals surface area contributed by atoms with E-state index in [2.05, 4.69) is 15.5 Å². The fourth-order valence-electron chi connectivity index (χ4n) is 3.69. The lowest BCUT2D eigenvalue weighted by atomic mass is 9.96. The Kier molecular flexibility index (Phi) is 7.57. The Hall–Kier alpha value is -2.73. The number of amides is 2. The predicted molar refractivity (Wildman–Crippen MR) is 117 cm³/mol. The Labute approximate surface area is 177 Å². The Balaban J connectivity index is 1.63. The molecule has 1 aliphatic heterocycles. The van der Waals surface area contributed by atoms with Gasteiger partial charge in [-0.3, -0.25) is 14.5 Å². The van der Waals surface area contributed by atoms with Gasteiger partial charge < -0.3 is 10.6 Å². The average Bonchev–Trinajstić information content (AvgIpc) is 2.75. The van der Waals surface area contributed by atoms with Crippen LogP contribution in [0.1, 0.15) is 49.0 Å². The molecule has 0 unspecified atom stereocenters. The van der Waals surface area contributed by atoms with Crippen LogP contribution in [0.2, 0.25) is 0 Å². The van der Waals surface area contributed by atoms with E-state index in [9.17, 15) is 14.0 Å². The monoisotopic (exact) mass is 411 g/mol. The summed E-state index contributed by atoms with van der Waals surface area (Å²) in [4.78, 5) is 27.7. The summed E-state index contributed by atoms with van der Waals surface area (Å²) >= 11 is 0. The van der Waals surface area contributed by atoms with Crippen LogP contribution < -0.4 is 10.6 Å². The molecule has 0 aliphatic carbocycles. The summed E-state index contributed by atoms with van der Waals surface area (Å²) in [5.74, 6) is -0.639. The second-order valence-corrected chi connectivity index (χ2v) is 8.02. The zero-order valence-corrected chi connectivity index (χ0v) is 17.7. The van der Waals surface area contributed by atoms with Gasteiger partial charge in [-0.05, 0) is 62.6 Å². The molecule has 3 rings (SSSR count). The smallest absolute Gasteiger partial charge is 0.253 e. The topological polar surface area (TPSA) is 61.4 Å². The molecule has 1 saturated heterocycles. The Bertz CT molecular complexity index is 869. The van der Waals surface area contributed by atoms with Crippen LogP contribution in [0.3, 0.4) is 0 Å². The highest BCUT2D eigenvalue weighted by Crippen LogP contribution is 2.22. The summed E-state index contributed by atoms with van der Waals surface area (Å²) < 4.78 is 13.1. The van der Waals surface area contributed by atoms with E-state index in [1.807, 2.05) is 19.9 Å². The Morgan fingerprint density at radius 2 is 1.90 bits per heavy atom. The van der Waals surface area contributed by atoms with E-state index in [1.54, 1.807) is 30.3 Å². The predicted octanol–water partition coefficient (Wildman–Crippen LogP) is 4.20. The number of rotatable bonds is 7. The lowest BCUT2D eigenvalue weighted by Crippen LogP contribution is -2.40. The number of carbonyl (C=O) groups is 2. The van der Waals surface area contributed by atoms with Crippen molar-refractivity contribution in [2.24, 2.45) is 5.92 Å². The minimum Gasteiger partial charge on any atom is -0.350 e. The van der Waals surface area contributed by atoms with Crippen molar-refractivity contribution in [1.82, 2.24) is 10.2 Å². The third-order valence-corrected chi connectivity index (χ3v) is 5.62. The van der Waals surface area contributed by atoms with Gasteiger partial charge in [0.25, 0.3) is 5.91 Å². The number of benzene rings is 2. The molecule has 160 valence electrons. The van der Waals surface area contributed by atoms with E-state index < -0.39 is 0 Å². The highest BCUT2D eigenvalue weighted by Gasteiger charge is 2.27. The van der Waals surface area contributed by atoms with Crippen LogP contribution in [0, 0.1) is 11.7 Å². The largest absolute Gasteiger partial charge is 0.350 e. The summed E-state index contributed by atoms with van der Waals surface area (Å²) in [5.41, 5.74) is 2.05. The van der Waals surface area contributed by atoms with Crippen molar-refractivity contribution in [1.29, 1.82) is 0 Å². The van der Waals surface area contributed by atoms with Crippen LogP contribution in [0.25, 0.3) is 0 Å². The molecule has 2 aromatic rings. The number of likely N-dealkylation sites (tertiary alicyclic amines) is 1. The maximum absolute atomic E-state index is 13.1. The maximum atomic E-state index is 13.1. The second-order valence-electron chi connectivity index (χ2n) is 8.02. The van der Waals surface area contributed by atoms with Gasteiger partial charge in [0.15, 0.2) is 0 Å². The van der Waals surface area contributed by atoms with E-state index in [4.69, 9.17) is 0 Å². The highest BCUT2D eigenvalue weighted by atomic mass is 19.1. The number of nitrogens with one attached hydrogen (secondary N) is 2. The lowest BCUT2D eigenvalue weighted by Gasteiger charge is -2.32. The molecule has 2 atom stereocenters. The van der Waals surface area contributed by atoms with Crippen LogP contribution in [-0.2, 0) is 11.3 Å². The molecule has 1 fully saturated rings. The molecule has 0 spiro atoms. The molecule has 2 amide bonds. The lowest BCUT2D eigenvalue weighted by molar-refractivity contribution is -0.121. The second kappa shape index (κ2) is 10.3. The van der Waals surface area contributed by atoms with Gasteiger partial charge in [0.2, 0.25) is 5.91 Å². The van der Waals surface area contributed by atoms with E-state index >= 15 is 0 Å². The Morgan fingerprint density at radius 3 is 2.63 bits per heavy atom. The standard InChI is InChI=1S/C24H30FN3O2/c1-3-17(2)26-24(30)21-8-4-5-9-22(21)27-23(29)19-7-6-14-28(16-19)15-18-10-12-20(25)13-11-18/h4-5,8-13,17,19H,3,6-7,14-16H2,1-2H3,(H,26,30)(H,27,29)/t17-,19+/m1/s1. The van der Waals surface area contributed by atoms with Crippen LogP contribution >= 0.6 is 0 Å². The number of halogens is 1. The van der Waals surface area contributed by atoms with Crippen molar-refractivity contribution in [3.05, 3.63) is 65.5 Å². The molecule has 2 N–H and O–H groups in total. The first kappa shape index (κ1) is 22.0. The molecule has 6 heteroatoms. The van der Waals surface area contributed by atoms with Crippen LogP contribution in [-0.4, -0.2) is 35.8 Å². The van der Waals surface area contributed by atoms with Crippen molar-refractivity contribution in [2.45, 2.75) is 45.7 Å². The van der Waals surface area contributed by atoms with E-state index in [0.29, 0.717) is 24.3 Å². The minimum atomic E-state index is -0.245. The molecule has 0 aromatic heterocycles. The third-order valence-electron chi connectivity index (χ3n) is 5.62. The van der Waals surface area contributed by atoms with E-state index in [1.165, 1.54) is 12.1 Å². The number of anilines is 1. The van der Waals surface area contributed by atoms with Crippen molar-refractivity contribution in [2.75, 3.05) is 18.4 Å². The zero-order valence-electron chi connectivity index (χ0n) is 17.7. The zero-order chi connectivity index (χ0) is 21.5. The first-order chi connectivity index (χ1) is 14.5. The maximum Gasteiger partial charge on any atom is 0.253 e. The van der Waals surface area contributed by atoms with Gasteiger partial charge >= 0.3 is 0 Å². The molecule has 2 aromatic carbocycles. The molecule has 1 heterocycles. The summed E-state index contributed by atoms with van der Waals surface area (Å²) in [6.45, 7) is 6.22. The number of para-hydroxylation sites is 1. The van der Waals surface area contributed by atoms with Crippen molar-refractivity contribution < 1.29 is 14.0 Å². The molecule has 1 aliphatic rings. The highest BCUT2D eigenvalue weighted by molar-refractivity contribution is 6.04.